The van der Waals surface area contributed by atoms with Gasteiger partial charge in [0.15, 0.2) is 5.76 Å². The Balaban J connectivity index is 1.62. The molecule has 0 unspecified atom stereocenters. The number of thioether (sulfide) groups is 1. The minimum Gasteiger partial charge on any atom is -0.461 e. The molecule has 2 aromatic heterocycles. The van der Waals surface area contributed by atoms with Gasteiger partial charge in [-0.1, -0.05) is 11.8 Å². The second-order valence-corrected chi connectivity index (χ2v) is 5.83. The monoisotopic (exact) mass is 307 g/mol. The van der Waals surface area contributed by atoms with E-state index >= 15 is 0 Å². The normalized spacial score (nSPS) is 15.3. The van der Waals surface area contributed by atoms with Crippen LogP contribution in [0.25, 0.3) is 11.6 Å². The zero-order valence-corrected chi connectivity index (χ0v) is 12.4. The predicted octanol–water partition coefficient (Wildman–Crippen LogP) is 1.36. The highest BCUT2D eigenvalue weighted by Gasteiger charge is 2.19. The molecule has 2 aromatic rings. The first-order valence-corrected chi connectivity index (χ1v) is 7.89. The minimum absolute atomic E-state index is 0.127. The van der Waals surface area contributed by atoms with Crippen LogP contribution in [-0.2, 0) is 4.79 Å². The minimum atomic E-state index is 0.127. The van der Waals surface area contributed by atoms with Crippen LogP contribution in [0, 0.1) is 0 Å². The van der Waals surface area contributed by atoms with E-state index in [-0.39, 0.29) is 5.91 Å². The number of piperidine rings is 1. The Kier molecular flexibility index (Phi) is 4.14. The summed E-state index contributed by atoms with van der Waals surface area (Å²) in [6, 6.07) is 3.53. The maximum absolute atomic E-state index is 12.1. The fraction of sp³-hybridized carbons (Fsp3) is 0.462. The van der Waals surface area contributed by atoms with Crippen molar-refractivity contribution in [2.24, 2.45) is 0 Å². The number of amides is 1. The van der Waals surface area contributed by atoms with Crippen LogP contribution in [0.1, 0.15) is 19.3 Å². The van der Waals surface area contributed by atoms with Crippen LogP contribution in [0.15, 0.2) is 28.0 Å². The lowest BCUT2D eigenvalue weighted by atomic mass is 10.1. The molecule has 0 bridgehead atoms. The van der Waals surface area contributed by atoms with Crippen LogP contribution in [0.5, 0.6) is 0 Å². The molecule has 21 heavy (non-hydrogen) atoms. The standard InChI is InChI=1S/C13H17N5O2S/c14-18-12(10-5-4-8-20-10)15-16-13(18)21-9-11(19)17-6-2-1-3-7-17/h4-5,8H,1-3,6-7,9,14H2. The molecule has 3 heterocycles. The highest BCUT2D eigenvalue weighted by molar-refractivity contribution is 7.99. The summed E-state index contributed by atoms with van der Waals surface area (Å²) in [5, 5.41) is 8.51. The van der Waals surface area contributed by atoms with E-state index in [2.05, 4.69) is 10.2 Å². The second kappa shape index (κ2) is 6.21. The lowest BCUT2D eigenvalue weighted by molar-refractivity contribution is -0.129. The quantitative estimate of drug-likeness (QED) is 0.677. The molecule has 0 aliphatic carbocycles. The van der Waals surface area contributed by atoms with Gasteiger partial charge in [-0.2, -0.15) is 0 Å². The third-order valence-corrected chi connectivity index (χ3v) is 4.37. The van der Waals surface area contributed by atoms with Gasteiger partial charge in [0, 0.05) is 13.1 Å². The summed E-state index contributed by atoms with van der Waals surface area (Å²) in [6.45, 7) is 1.71. The van der Waals surface area contributed by atoms with Crippen LogP contribution in [0.2, 0.25) is 0 Å². The molecule has 0 atom stereocenters. The highest BCUT2D eigenvalue weighted by Crippen LogP contribution is 2.22. The van der Waals surface area contributed by atoms with E-state index in [4.69, 9.17) is 10.3 Å². The number of nitrogen functional groups attached to an aromatic ring is 1. The van der Waals surface area contributed by atoms with Crippen molar-refractivity contribution < 1.29 is 9.21 Å². The summed E-state index contributed by atoms with van der Waals surface area (Å²) in [7, 11) is 0. The largest absolute Gasteiger partial charge is 0.461 e. The third-order valence-electron chi connectivity index (χ3n) is 3.44. The number of furan rings is 1. The molecule has 1 fully saturated rings. The summed E-state index contributed by atoms with van der Waals surface area (Å²) in [4.78, 5) is 14.0. The Morgan fingerprint density at radius 1 is 1.33 bits per heavy atom. The smallest absolute Gasteiger partial charge is 0.233 e. The summed E-state index contributed by atoms with van der Waals surface area (Å²) in [6.07, 6.45) is 4.94. The Labute approximate surface area is 126 Å². The van der Waals surface area contributed by atoms with Crippen LogP contribution in [0.4, 0.5) is 0 Å². The molecule has 3 rings (SSSR count). The summed E-state index contributed by atoms with van der Waals surface area (Å²) in [5.41, 5.74) is 0. The Bertz CT molecular complexity index is 604. The van der Waals surface area contributed by atoms with E-state index < -0.39 is 0 Å². The summed E-state index contributed by atoms with van der Waals surface area (Å²) in [5.74, 6) is 7.41. The van der Waals surface area contributed by atoms with Crippen molar-refractivity contribution in [3.8, 4) is 11.6 Å². The SMILES string of the molecule is Nn1c(SCC(=O)N2CCCCC2)nnc1-c1ccco1. The van der Waals surface area contributed by atoms with Crippen LogP contribution < -0.4 is 5.84 Å². The number of nitrogens with two attached hydrogens (primary N) is 1. The number of likely N-dealkylation sites (tertiary alicyclic amines) is 1. The zero-order chi connectivity index (χ0) is 14.7. The van der Waals surface area contributed by atoms with Crippen molar-refractivity contribution in [3.05, 3.63) is 18.4 Å². The Morgan fingerprint density at radius 3 is 2.86 bits per heavy atom. The van der Waals surface area contributed by atoms with Crippen molar-refractivity contribution in [2.75, 3.05) is 24.7 Å². The predicted molar refractivity (Wildman–Crippen MR) is 79.0 cm³/mol. The summed E-state index contributed by atoms with van der Waals surface area (Å²) >= 11 is 1.30. The van der Waals surface area contributed by atoms with Crippen molar-refractivity contribution in [1.29, 1.82) is 0 Å². The van der Waals surface area contributed by atoms with Crippen LogP contribution in [0.3, 0.4) is 0 Å². The molecule has 0 spiro atoms. The van der Waals surface area contributed by atoms with Gasteiger partial charge in [0.05, 0.1) is 12.0 Å². The van der Waals surface area contributed by atoms with Crippen molar-refractivity contribution >= 4 is 17.7 Å². The number of carbonyl (C=O) groups excluding carboxylic acids is 1. The van der Waals surface area contributed by atoms with E-state index in [1.54, 1.807) is 18.4 Å². The Hall–Kier alpha value is -1.96. The first kappa shape index (κ1) is 14.0. The molecule has 8 heteroatoms. The molecule has 2 N–H and O–H groups in total. The number of carbonyl (C=O) groups is 1. The molecule has 0 radical (unpaired) electrons. The van der Waals surface area contributed by atoms with Crippen molar-refractivity contribution in [3.63, 3.8) is 0 Å². The molecule has 1 aliphatic rings. The molecule has 1 amide bonds. The van der Waals surface area contributed by atoms with Gasteiger partial charge in [-0.3, -0.25) is 4.79 Å². The van der Waals surface area contributed by atoms with Gasteiger partial charge >= 0.3 is 0 Å². The maximum Gasteiger partial charge on any atom is 0.233 e. The molecular weight excluding hydrogens is 290 g/mol. The average molecular weight is 307 g/mol. The lowest BCUT2D eigenvalue weighted by Crippen LogP contribution is -2.36. The number of nitrogens with zero attached hydrogens (tertiary/aromatic N) is 4. The first-order valence-electron chi connectivity index (χ1n) is 6.90. The van der Waals surface area contributed by atoms with Crippen molar-refractivity contribution in [1.82, 2.24) is 19.8 Å². The molecular formula is C13H17N5O2S. The summed E-state index contributed by atoms with van der Waals surface area (Å²) < 4.78 is 6.60. The van der Waals surface area contributed by atoms with Gasteiger partial charge in [-0.05, 0) is 31.4 Å². The fourth-order valence-corrected chi connectivity index (χ4v) is 3.07. The molecule has 112 valence electrons. The average Bonchev–Trinajstić information content (AvgIpc) is 3.15. The topological polar surface area (TPSA) is 90.2 Å². The van der Waals surface area contributed by atoms with E-state index in [0.29, 0.717) is 22.5 Å². The van der Waals surface area contributed by atoms with Gasteiger partial charge in [0.25, 0.3) is 0 Å². The van der Waals surface area contributed by atoms with E-state index in [0.717, 1.165) is 25.9 Å². The highest BCUT2D eigenvalue weighted by atomic mass is 32.2. The van der Waals surface area contributed by atoms with E-state index in [1.165, 1.54) is 22.9 Å². The van der Waals surface area contributed by atoms with Crippen molar-refractivity contribution in [2.45, 2.75) is 24.4 Å². The van der Waals surface area contributed by atoms with Gasteiger partial charge in [-0.25, -0.2) is 4.68 Å². The molecule has 0 saturated carbocycles. The molecule has 1 aliphatic heterocycles. The number of aromatic nitrogens is 3. The fourth-order valence-electron chi connectivity index (χ4n) is 2.31. The number of hydrogen-bond donors (Lipinski definition) is 1. The van der Waals surface area contributed by atoms with E-state index in [1.807, 2.05) is 4.90 Å². The van der Waals surface area contributed by atoms with Gasteiger partial charge in [-0.15, -0.1) is 10.2 Å². The number of hydrogen-bond acceptors (Lipinski definition) is 6. The first-order chi connectivity index (χ1) is 10.3. The Morgan fingerprint density at radius 2 is 2.14 bits per heavy atom. The second-order valence-electron chi connectivity index (χ2n) is 4.88. The van der Waals surface area contributed by atoms with Crippen LogP contribution >= 0.6 is 11.8 Å². The third kappa shape index (κ3) is 3.05. The zero-order valence-electron chi connectivity index (χ0n) is 11.6. The van der Waals surface area contributed by atoms with Gasteiger partial charge in [0.1, 0.15) is 0 Å². The molecule has 0 aromatic carbocycles. The van der Waals surface area contributed by atoms with Crippen LogP contribution in [-0.4, -0.2) is 44.5 Å². The maximum atomic E-state index is 12.1. The van der Waals surface area contributed by atoms with Gasteiger partial charge in [0.2, 0.25) is 16.9 Å². The molecule has 7 nitrogen and oxygen atoms in total. The van der Waals surface area contributed by atoms with E-state index in [9.17, 15) is 4.79 Å². The molecule has 1 saturated heterocycles. The van der Waals surface area contributed by atoms with Gasteiger partial charge < -0.3 is 15.2 Å². The number of rotatable bonds is 4. The lowest BCUT2D eigenvalue weighted by Gasteiger charge is -2.26.